The maximum Gasteiger partial charge on any atom is 0.417 e. The molecule has 1 aromatic carbocycles. The summed E-state index contributed by atoms with van der Waals surface area (Å²) in [6, 6.07) is 0.718. The Morgan fingerprint density at radius 1 is 1.27 bits per heavy atom. The molecule has 0 radical (unpaired) electrons. The molecule has 15 heavy (non-hydrogen) atoms. The molecule has 1 amide bonds. The maximum atomic E-state index is 12.8. The van der Waals surface area contributed by atoms with Crippen LogP contribution in [0.15, 0.2) is 12.1 Å². The van der Waals surface area contributed by atoms with E-state index in [1.807, 2.05) is 0 Å². The van der Waals surface area contributed by atoms with Gasteiger partial charge in [0.15, 0.2) is 0 Å². The molecule has 3 nitrogen and oxygen atoms in total. The Hall–Kier alpha value is -1.79. The molecule has 0 fully saturated rings. The van der Waals surface area contributed by atoms with E-state index in [0.29, 0.717) is 12.1 Å². The SMILES string of the molecule is NC(=O)c1cc(F)c(N)cc1C(F)(F)F. The van der Waals surface area contributed by atoms with Crippen LogP contribution in [0.3, 0.4) is 0 Å². The van der Waals surface area contributed by atoms with E-state index in [4.69, 9.17) is 5.73 Å². The van der Waals surface area contributed by atoms with Crippen LogP contribution in [0.5, 0.6) is 0 Å². The number of carbonyl (C=O) groups is 1. The van der Waals surface area contributed by atoms with Crippen LogP contribution in [-0.2, 0) is 6.18 Å². The number of nitrogen functional groups attached to an aromatic ring is 1. The summed E-state index contributed by atoms with van der Waals surface area (Å²) >= 11 is 0. The smallest absolute Gasteiger partial charge is 0.396 e. The summed E-state index contributed by atoms with van der Waals surface area (Å²) in [5, 5.41) is 0. The summed E-state index contributed by atoms with van der Waals surface area (Å²) in [5.41, 5.74) is 6.68. The second-order valence-electron chi connectivity index (χ2n) is 2.78. The van der Waals surface area contributed by atoms with Crippen molar-refractivity contribution in [3.8, 4) is 0 Å². The molecular formula is C8H6F4N2O. The van der Waals surface area contributed by atoms with Crippen LogP contribution in [-0.4, -0.2) is 5.91 Å². The highest BCUT2D eigenvalue weighted by Crippen LogP contribution is 2.34. The Bertz CT molecular complexity index is 414. The van der Waals surface area contributed by atoms with Gasteiger partial charge in [0, 0.05) is 0 Å². The molecule has 4 N–H and O–H groups in total. The third kappa shape index (κ3) is 2.17. The van der Waals surface area contributed by atoms with Crippen molar-refractivity contribution in [2.45, 2.75) is 6.18 Å². The molecule has 0 aliphatic heterocycles. The van der Waals surface area contributed by atoms with Gasteiger partial charge in [0.1, 0.15) is 5.82 Å². The molecule has 0 aromatic heterocycles. The summed E-state index contributed by atoms with van der Waals surface area (Å²) in [5.74, 6) is -2.47. The van der Waals surface area contributed by atoms with E-state index in [0.717, 1.165) is 0 Å². The van der Waals surface area contributed by atoms with Crippen LogP contribution < -0.4 is 11.5 Å². The fraction of sp³-hybridized carbons (Fsp3) is 0.125. The van der Waals surface area contributed by atoms with Crippen molar-refractivity contribution >= 4 is 11.6 Å². The van der Waals surface area contributed by atoms with Crippen molar-refractivity contribution in [1.29, 1.82) is 0 Å². The van der Waals surface area contributed by atoms with Crippen molar-refractivity contribution < 1.29 is 22.4 Å². The van der Waals surface area contributed by atoms with E-state index in [2.05, 4.69) is 5.73 Å². The first kappa shape index (κ1) is 11.3. The van der Waals surface area contributed by atoms with Crippen molar-refractivity contribution in [2.75, 3.05) is 5.73 Å². The zero-order valence-electron chi connectivity index (χ0n) is 7.23. The summed E-state index contributed by atoms with van der Waals surface area (Å²) < 4.78 is 49.8. The average molecular weight is 222 g/mol. The van der Waals surface area contributed by atoms with Gasteiger partial charge < -0.3 is 11.5 Å². The van der Waals surface area contributed by atoms with E-state index in [1.54, 1.807) is 0 Å². The van der Waals surface area contributed by atoms with Crippen LogP contribution in [0.25, 0.3) is 0 Å². The summed E-state index contributed by atoms with van der Waals surface area (Å²) in [7, 11) is 0. The number of rotatable bonds is 1. The molecule has 0 atom stereocenters. The number of carbonyl (C=O) groups excluding carboxylic acids is 1. The molecule has 0 aliphatic carbocycles. The van der Waals surface area contributed by atoms with Crippen LogP contribution in [0.4, 0.5) is 23.2 Å². The van der Waals surface area contributed by atoms with Gasteiger partial charge in [0.05, 0.1) is 16.8 Å². The second kappa shape index (κ2) is 3.41. The minimum atomic E-state index is -4.80. The highest BCUT2D eigenvalue weighted by molar-refractivity contribution is 5.95. The fourth-order valence-corrected chi connectivity index (χ4v) is 1.03. The van der Waals surface area contributed by atoms with Gasteiger partial charge in [-0.1, -0.05) is 0 Å². The Morgan fingerprint density at radius 2 is 1.80 bits per heavy atom. The predicted molar refractivity (Wildman–Crippen MR) is 44.3 cm³/mol. The normalized spacial score (nSPS) is 11.5. The van der Waals surface area contributed by atoms with Gasteiger partial charge >= 0.3 is 6.18 Å². The van der Waals surface area contributed by atoms with E-state index >= 15 is 0 Å². The number of alkyl halides is 3. The lowest BCUT2D eigenvalue weighted by molar-refractivity contribution is -0.137. The van der Waals surface area contributed by atoms with Crippen molar-refractivity contribution in [2.24, 2.45) is 5.73 Å². The summed E-state index contributed by atoms with van der Waals surface area (Å²) in [6.45, 7) is 0. The predicted octanol–water partition coefficient (Wildman–Crippen LogP) is 1.53. The second-order valence-corrected chi connectivity index (χ2v) is 2.78. The van der Waals surface area contributed by atoms with Gasteiger partial charge in [0.2, 0.25) is 5.91 Å². The number of halogens is 4. The molecule has 1 rings (SSSR count). The number of anilines is 1. The lowest BCUT2D eigenvalue weighted by Crippen LogP contribution is -2.19. The third-order valence-corrected chi connectivity index (χ3v) is 1.71. The Balaban J connectivity index is 3.49. The van der Waals surface area contributed by atoms with Crippen LogP contribution in [0.1, 0.15) is 15.9 Å². The molecule has 0 heterocycles. The molecule has 0 saturated carbocycles. The van der Waals surface area contributed by atoms with Gasteiger partial charge in [-0.3, -0.25) is 4.79 Å². The van der Waals surface area contributed by atoms with E-state index in [1.165, 1.54) is 0 Å². The van der Waals surface area contributed by atoms with Gasteiger partial charge in [0.25, 0.3) is 0 Å². The molecule has 0 unspecified atom stereocenters. The summed E-state index contributed by atoms with van der Waals surface area (Å²) in [4.78, 5) is 10.6. The highest BCUT2D eigenvalue weighted by atomic mass is 19.4. The van der Waals surface area contributed by atoms with Crippen molar-refractivity contribution in [3.05, 3.63) is 29.1 Å². The molecular weight excluding hydrogens is 216 g/mol. The maximum absolute atomic E-state index is 12.8. The number of primary amides is 1. The minimum absolute atomic E-state index is 0.343. The van der Waals surface area contributed by atoms with Crippen LogP contribution >= 0.6 is 0 Å². The van der Waals surface area contributed by atoms with Crippen LogP contribution in [0.2, 0.25) is 0 Å². The fourth-order valence-electron chi connectivity index (χ4n) is 1.03. The van der Waals surface area contributed by atoms with Crippen LogP contribution in [0, 0.1) is 5.82 Å². The first-order valence-electron chi connectivity index (χ1n) is 3.69. The third-order valence-electron chi connectivity index (χ3n) is 1.71. The number of hydrogen-bond acceptors (Lipinski definition) is 2. The monoisotopic (exact) mass is 222 g/mol. The van der Waals surface area contributed by atoms with Gasteiger partial charge in [-0.25, -0.2) is 4.39 Å². The molecule has 1 aromatic rings. The Kier molecular flexibility index (Phi) is 2.57. The zero-order valence-corrected chi connectivity index (χ0v) is 7.23. The van der Waals surface area contributed by atoms with Crippen molar-refractivity contribution in [3.63, 3.8) is 0 Å². The Morgan fingerprint density at radius 3 is 2.20 bits per heavy atom. The number of amides is 1. The zero-order chi connectivity index (χ0) is 11.8. The van der Waals surface area contributed by atoms with Crippen molar-refractivity contribution in [1.82, 2.24) is 0 Å². The first-order chi connectivity index (χ1) is 6.73. The highest BCUT2D eigenvalue weighted by Gasteiger charge is 2.35. The Labute approximate surface area is 81.7 Å². The number of nitrogens with two attached hydrogens (primary N) is 2. The van der Waals surface area contributed by atoms with E-state index in [9.17, 15) is 22.4 Å². The lowest BCUT2D eigenvalue weighted by Gasteiger charge is -2.11. The topological polar surface area (TPSA) is 69.1 Å². The molecule has 82 valence electrons. The van der Waals surface area contributed by atoms with Gasteiger partial charge in [-0.2, -0.15) is 13.2 Å². The largest absolute Gasteiger partial charge is 0.417 e. The van der Waals surface area contributed by atoms with E-state index in [-0.39, 0.29) is 0 Å². The molecule has 0 aliphatic rings. The minimum Gasteiger partial charge on any atom is -0.396 e. The van der Waals surface area contributed by atoms with Gasteiger partial charge in [-0.15, -0.1) is 0 Å². The molecule has 0 spiro atoms. The standard InChI is InChI=1S/C8H6F4N2O/c9-5-1-3(7(14)15)4(2-6(5)13)8(10,11)12/h1-2H,13H2,(H2,14,15). The van der Waals surface area contributed by atoms with Gasteiger partial charge in [-0.05, 0) is 12.1 Å². The average Bonchev–Trinajstić information content (AvgIpc) is 2.06. The quantitative estimate of drug-likeness (QED) is 0.558. The number of benzene rings is 1. The molecule has 7 heteroatoms. The summed E-state index contributed by atoms with van der Waals surface area (Å²) in [6.07, 6.45) is -4.80. The lowest BCUT2D eigenvalue weighted by atomic mass is 10.1. The number of hydrogen-bond donors (Lipinski definition) is 2. The first-order valence-corrected chi connectivity index (χ1v) is 3.69. The molecule has 0 saturated heterocycles. The molecule has 0 bridgehead atoms. The van der Waals surface area contributed by atoms with E-state index < -0.39 is 34.7 Å².